The van der Waals surface area contributed by atoms with E-state index in [0.29, 0.717) is 11.3 Å². The Hall–Kier alpha value is -2.93. The molecule has 7 heteroatoms. The molecular formula is C20H22N4O2S. The fraction of sp³-hybridized carbons (Fsp3) is 0.200. The van der Waals surface area contributed by atoms with Crippen LogP contribution in [0.2, 0.25) is 0 Å². The summed E-state index contributed by atoms with van der Waals surface area (Å²) in [5.41, 5.74) is 8.11. The maximum Gasteiger partial charge on any atom is 0.269 e. The summed E-state index contributed by atoms with van der Waals surface area (Å²) in [6, 6.07) is 9.12. The van der Waals surface area contributed by atoms with Crippen LogP contribution in [0.1, 0.15) is 34.2 Å². The SMILES string of the molecule is CC=CC=CC(=O)NNC(=O)c1ccc(CSc2nc(C)cc(C)n2)cc1. The zero-order valence-electron chi connectivity index (χ0n) is 15.5. The summed E-state index contributed by atoms with van der Waals surface area (Å²) in [6.07, 6.45) is 6.44. The van der Waals surface area contributed by atoms with Crippen LogP contribution >= 0.6 is 11.8 Å². The second-order valence-electron chi connectivity index (χ2n) is 5.75. The maximum atomic E-state index is 12.1. The van der Waals surface area contributed by atoms with Gasteiger partial charge in [-0.1, -0.05) is 42.1 Å². The highest BCUT2D eigenvalue weighted by atomic mass is 32.2. The molecule has 1 aromatic carbocycles. The van der Waals surface area contributed by atoms with Crippen molar-refractivity contribution in [2.24, 2.45) is 0 Å². The Morgan fingerprint density at radius 3 is 2.33 bits per heavy atom. The van der Waals surface area contributed by atoms with Gasteiger partial charge in [0, 0.05) is 28.8 Å². The average molecular weight is 382 g/mol. The highest BCUT2D eigenvalue weighted by molar-refractivity contribution is 7.98. The van der Waals surface area contributed by atoms with Crippen LogP contribution < -0.4 is 10.9 Å². The number of aromatic nitrogens is 2. The van der Waals surface area contributed by atoms with Gasteiger partial charge in [0.2, 0.25) is 0 Å². The van der Waals surface area contributed by atoms with Crippen LogP contribution in [0.3, 0.4) is 0 Å². The molecule has 0 spiro atoms. The Balaban J connectivity index is 1.86. The Morgan fingerprint density at radius 1 is 1.04 bits per heavy atom. The molecule has 0 bridgehead atoms. The lowest BCUT2D eigenvalue weighted by Crippen LogP contribution is -2.40. The molecule has 0 aliphatic carbocycles. The van der Waals surface area contributed by atoms with Crippen molar-refractivity contribution in [1.29, 1.82) is 0 Å². The number of allylic oxidation sites excluding steroid dienone is 3. The first kappa shape index (κ1) is 20.4. The minimum absolute atomic E-state index is 0.375. The summed E-state index contributed by atoms with van der Waals surface area (Å²) >= 11 is 1.55. The standard InChI is InChI=1S/C20H22N4O2S/c1-4-5-6-7-18(25)23-24-19(26)17-10-8-16(9-11-17)13-27-20-21-14(2)12-15(3)22-20/h4-12H,13H2,1-3H3,(H,23,25)(H,24,26). The first-order valence-electron chi connectivity index (χ1n) is 8.41. The molecule has 140 valence electrons. The number of thioether (sulfide) groups is 1. The van der Waals surface area contributed by atoms with E-state index in [2.05, 4.69) is 20.8 Å². The lowest BCUT2D eigenvalue weighted by atomic mass is 10.1. The van der Waals surface area contributed by atoms with Gasteiger partial charge in [-0.05, 0) is 44.5 Å². The van der Waals surface area contributed by atoms with Crippen LogP contribution in [0.25, 0.3) is 0 Å². The highest BCUT2D eigenvalue weighted by Gasteiger charge is 2.07. The topological polar surface area (TPSA) is 84.0 Å². The number of carbonyl (C=O) groups excluding carboxylic acids is 2. The van der Waals surface area contributed by atoms with Crippen LogP contribution in [-0.2, 0) is 10.5 Å². The zero-order valence-corrected chi connectivity index (χ0v) is 16.3. The smallest absolute Gasteiger partial charge is 0.268 e. The molecule has 1 aromatic heterocycles. The predicted molar refractivity (Wildman–Crippen MR) is 107 cm³/mol. The van der Waals surface area contributed by atoms with E-state index < -0.39 is 5.91 Å². The Labute approximate surface area is 163 Å². The molecule has 2 aromatic rings. The van der Waals surface area contributed by atoms with E-state index in [9.17, 15) is 9.59 Å². The molecule has 1 heterocycles. The van der Waals surface area contributed by atoms with E-state index in [1.54, 1.807) is 42.1 Å². The predicted octanol–water partition coefficient (Wildman–Crippen LogP) is 3.28. The van der Waals surface area contributed by atoms with Gasteiger partial charge in [-0.15, -0.1) is 0 Å². The largest absolute Gasteiger partial charge is 0.269 e. The lowest BCUT2D eigenvalue weighted by Gasteiger charge is -2.07. The van der Waals surface area contributed by atoms with Crippen molar-refractivity contribution in [2.75, 3.05) is 0 Å². The van der Waals surface area contributed by atoms with Crippen molar-refractivity contribution in [3.05, 3.63) is 77.2 Å². The number of nitrogens with zero attached hydrogens (tertiary/aromatic N) is 2. The van der Waals surface area contributed by atoms with Crippen LogP contribution in [0.5, 0.6) is 0 Å². The molecule has 2 amide bonds. The van der Waals surface area contributed by atoms with Crippen LogP contribution in [0.4, 0.5) is 0 Å². The number of hydrogen-bond donors (Lipinski definition) is 2. The van der Waals surface area contributed by atoms with Crippen molar-refractivity contribution >= 4 is 23.6 Å². The third-order valence-corrected chi connectivity index (χ3v) is 4.31. The minimum atomic E-state index is -0.400. The Morgan fingerprint density at radius 2 is 1.70 bits per heavy atom. The summed E-state index contributed by atoms with van der Waals surface area (Å²) in [5.74, 6) is -0.0698. The van der Waals surface area contributed by atoms with E-state index >= 15 is 0 Å². The number of rotatable bonds is 6. The second-order valence-corrected chi connectivity index (χ2v) is 6.69. The van der Waals surface area contributed by atoms with Crippen LogP contribution in [-0.4, -0.2) is 21.8 Å². The molecule has 0 radical (unpaired) electrons. The zero-order chi connectivity index (χ0) is 19.6. The van der Waals surface area contributed by atoms with Crippen molar-refractivity contribution in [1.82, 2.24) is 20.8 Å². The maximum absolute atomic E-state index is 12.1. The van der Waals surface area contributed by atoms with E-state index in [4.69, 9.17) is 0 Å². The number of hydrazine groups is 1. The number of amides is 2. The molecule has 0 aliphatic rings. The Bertz CT molecular complexity index is 841. The number of carbonyl (C=O) groups is 2. The molecule has 0 saturated carbocycles. The molecule has 0 unspecified atom stereocenters. The Kier molecular flexibility index (Phi) is 7.76. The van der Waals surface area contributed by atoms with Gasteiger partial charge in [-0.25, -0.2) is 9.97 Å². The van der Waals surface area contributed by atoms with E-state index in [-0.39, 0.29) is 5.91 Å². The van der Waals surface area contributed by atoms with Crippen molar-refractivity contribution in [3.63, 3.8) is 0 Å². The normalized spacial score (nSPS) is 11.1. The number of hydrogen-bond acceptors (Lipinski definition) is 5. The van der Waals surface area contributed by atoms with Crippen molar-refractivity contribution in [2.45, 2.75) is 31.7 Å². The summed E-state index contributed by atoms with van der Waals surface area (Å²) < 4.78 is 0. The number of benzene rings is 1. The second kappa shape index (κ2) is 10.3. The van der Waals surface area contributed by atoms with Gasteiger partial charge in [-0.2, -0.15) is 0 Å². The van der Waals surface area contributed by atoms with Crippen LogP contribution in [0, 0.1) is 13.8 Å². The molecule has 0 atom stereocenters. The van der Waals surface area contributed by atoms with Gasteiger partial charge in [0.15, 0.2) is 5.16 Å². The molecule has 27 heavy (non-hydrogen) atoms. The minimum Gasteiger partial charge on any atom is -0.268 e. The summed E-state index contributed by atoms with van der Waals surface area (Å²) in [4.78, 5) is 32.4. The first-order chi connectivity index (χ1) is 13.0. The third kappa shape index (κ3) is 7.07. The van der Waals surface area contributed by atoms with Gasteiger partial charge >= 0.3 is 0 Å². The third-order valence-electron chi connectivity index (χ3n) is 3.40. The molecule has 2 N–H and O–H groups in total. The summed E-state index contributed by atoms with van der Waals surface area (Å²) in [6.45, 7) is 5.74. The van der Waals surface area contributed by atoms with Gasteiger partial charge in [0.1, 0.15) is 0 Å². The summed E-state index contributed by atoms with van der Waals surface area (Å²) in [5, 5.41) is 0.739. The van der Waals surface area contributed by atoms with E-state index in [1.807, 2.05) is 39.0 Å². The van der Waals surface area contributed by atoms with Gasteiger partial charge in [0.05, 0.1) is 0 Å². The molecule has 6 nitrogen and oxygen atoms in total. The fourth-order valence-electron chi connectivity index (χ4n) is 2.14. The molecular weight excluding hydrogens is 360 g/mol. The van der Waals surface area contributed by atoms with Gasteiger partial charge < -0.3 is 0 Å². The van der Waals surface area contributed by atoms with Crippen LogP contribution in [0.15, 0.2) is 59.8 Å². The van der Waals surface area contributed by atoms with E-state index in [0.717, 1.165) is 22.1 Å². The molecule has 0 fully saturated rings. The number of aryl methyl sites for hydroxylation is 2. The molecule has 2 rings (SSSR count). The monoisotopic (exact) mass is 382 g/mol. The van der Waals surface area contributed by atoms with Gasteiger partial charge in [0.25, 0.3) is 11.8 Å². The van der Waals surface area contributed by atoms with Gasteiger partial charge in [-0.3, -0.25) is 20.4 Å². The number of nitrogens with one attached hydrogen (secondary N) is 2. The first-order valence-corrected chi connectivity index (χ1v) is 9.40. The quantitative estimate of drug-likeness (QED) is 0.263. The molecule has 0 saturated heterocycles. The fourth-order valence-corrected chi connectivity index (χ4v) is 3.05. The van der Waals surface area contributed by atoms with E-state index in [1.165, 1.54) is 6.08 Å². The van der Waals surface area contributed by atoms with Crippen molar-refractivity contribution < 1.29 is 9.59 Å². The average Bonchev–Trinajstić information content (AvgIpc) is 2.64. The molecule has 0 aliphatic heterocycles. The summed E-state index contributed by atoms with van der Waals surface area (Å²) in [7, 11) is 0. The van der Waals surface area contributed by atoms with Crippen molar-refractivity contribution in [3.8, 4) is 0 Å². The highest BCUT2D eigenvalue weighted by Crippen LogP contribution is 2.20. The lowest BCUT2D eigenvalue weighted by molar-refractivity contribution is -0.117.